The van der Waals surface area contributed by atoms with Crippen LogP contribution in [0.3, 0.4) is 0 Å². The van der Waals surface area contributed by atoms with Crippen LogP contribution < -0.4 is 10.6 Å². The molecule has 1 heterocycles. The minimum atomic E-state index is -1.08. The molecule has 1 unspecified atom stereocenters. The standard InChI is InChI=1S/C13H23N3O4/c1-13(2,3)9(11(18)19)15-12(20)16-7-5-6-8(16)10(17)14-4/h8-9H,5-7H2,1-4H3,(H,14,17)(H,15,20)(H,18,19)/t8?,9-/m0/s1. The Hall–Kier alpha value is -1.79. The average molecular weight is 285 g/mol. The van der Waals surface area contributed by atoms with Crippen LogP contribution in [0.25, 0.3) is 0 Å². The van der Waals surface area contributed by atoms with Crippen LogP contribution >= 0.6 is 0 Å². The van der Waals surface area contributed by atoms with Crippen molar-refractivity contribution in [2.24, 2.45) is 5.41 Å². The van der Waals surface area contributed by atoms with Crippen LogP contribution in [0.1, 0.15) is 33.6 Å². The summed E-state index contributed by atoms with van der Waals surface area (Å²) < 4.78 is 0. The monoisotopic (exact) mass is 285 g/mol. The molecular weight excluding hydrogens is 262 g/mol. The molecule has 0 aromatic carbocycles. The molecule has 1 aliphatic rings. The summed E-state index contributed by atoms with van der Waals surface area (Å²) in [6.45, 7) is 5.69. The van der Waals surface area contributed by atoms with E-state index in [9.17, 15) is 19.5 Å². The zero-order valence-corrected chi connectivity index (χ0v) is 12.4. The van der Waals surface area contributed by atoms with Crippen molar-refractivity contribution in [3.8, 4) is 0 Å². The number of rotatable bonds is 3. The molecule has 1 rings (SSSR count). The van der Waals surface area contributed by atoms with Crippen molar-refractivity contribution in [1.82, 2.24) is 15.5 Å². The van der Waals surface area contributed by atoms with Crippen LogP contribution in [0.5, 0.6) is 0 Å². The predicted octanol–water partition coefficient (Wildman–Crippen LogP) is 0.406. The lowest BCUT2D eigenvalue weighted by Crippen LogP contribution is -2.56. The molecule has 1 fully saturated rings. The summed E-state index contributed by atoms with van der Waals surface area (Å²) in [6, 6.07) is -2.02. The third kappa shape index (κ3) is 3.61. The van der Waals surface area contributed by atoms with E-state index < -0.39 is 29.5 Å². The molecule has 2 atom stereocenters. The summed E-state index contributed by atoms with van der Waals surface area (Å²) in [6.07, 6.45) is 1.33. The second-order valence-corrected chi connectivity index (χ2v) is 6.05. The summed E-state index contributed by atoms with van der Waals surface area (Å²) >= 11 is 0. The molecule has 1 aliphatic heterocycles. The summed E-state index contributed by atoms with van der Waals surface area (Å²) in [4.78, 5) is 36.6. The molecule has 3 N–H and O–H groups in total. The summed E-state index contributed by atoms with van der Waals surface area (Å²) in [5.74, 6) is -1.30. The molecule has 0 spiro atoms. The first-order valence-electron chi connectivity index (χ1n) is 6.70. The number of amides is 3. The number of carboxylic acid groups (broad SMARTS) is 1. The predicted molar refractivity (Wildman–Crippen MR) is 73.2 cm³/mol. The van der Waals surface area contributed by atoms with Crippen molar-refractivity contribution in [2.45, 2.75) is 45.7 Å². The number of likely N-dealkylation sites (tertiary alicyclic amines) is 1. The van der Waals surface area contributed by atoms with Gasteiger partial charge in [-0.05, 0) is 18.3 Å². The fraction of sp³-hybridized carbons (Fsp3) is 0.769. The Morgan fingerprint density at radius 3 is 2.35 bits per heavy atom. The minimum absolute atomic E-state index is 0.222. The lowest BCUT2D eigenvalue weighted by atomic mass is 9.87. The maximum Gasteiger partial charge on any atom is 0.326 e. The molecule has 0 radical (unpaired) electrons. The normalized spacial score (nSPS) is 20.4. The largest absolute Gasteiger partial charge is 0.480 e. The Kier molecular flexibility index (Phi) is 4.97. The van der Waals surface area contributed by atoms with Gasteiger partial charge >= 0.3 is 12.0 Å². The Morgan fingerprint density at radius 1 is 1.30 bits per heavy atom. The van der Waals surface area contributed by atoms with Crippen molar-refractivity contribution >= 4 is 17.9 Å². The molecule has 0 saturated carbocycles. The average Bonchev–Trinajstić information content (AvgIpc) is 2.81. The Labute approximate surface area is 118 Å². The molecule has 0 aliphatic carbocycles. The Morgan fingerprint density at radius 2 is 1.90 bits per heavy atom. The van der Waals surface area contributed by atoms with E-state index >= 15 is 0 Å². The van der Waals surface area contributed by atoms with Gasteiger partial charge in [-0.2, -0.15) is 0 Å². The number of hydrogen-bond acceptors (Lipinski definition) is 3. The molecule has 20 heavy (non-hydrogen) atoms. The number of aliphatic carboxylic acids is 1. The summed E-state index contributed by atoms with van der Waals surface area (Å²) in [5, 5.41) is 14.2. The molecule has 0 aromatic rings. The lowest BCUT2D eigenvalue weighted by Gasteiger charge is -2.31. The van der Waals surface area contributed by atoms with Crippen LogP contribution in [-0.4, -0.2) is 53.6 Å². The van der Waals surface area contributed by atoms with E-state index in [-0.39, 0.29) is 5.91 Å². The van der Waals surface area contributed by atoms with Crippen molar-refractivity contribution in [3.05, 3.63) is 0 Å². The molecular formula is C13H23N3O4. The van der Waals surface area contributed by atoms with Crippen molar-refractivity contribution in [1.29, 1.82) is 0 Å². The first kappa shape index (κ1) is 16.3. The van der Waals surface area contributed by atoms with Gasteiger partial charge in [-0.25, -0.2) is 9.59 Å². The van der Waals surface area contributed by atoms with Gasteiger partial charge in [0.1, 0.15) is 12.1 Å². The van der Waals surface area contributed by atoms with Gasteiger partial charge in [-0.3, -0.25) is 4.79 Å². The number of carbonyl (C=O) groups excluding carboxylic acids is 2. The maximum absolute atomic E-state index is 12.2. The third-order valence-electron chi connectivity index (χ3n) is 3.44. The Bertz CT molecular complexity index is 403. The van der Waals surface area contributed by atoms with Crippen LogP contribution in [0.2, 0.25) is 0 Å². The number of carboxylic acids is 1. The van der Waals surface area contributed by atoms with Gasteiger partial charge in [0.2, 0.25) is 5.91 Å². The highest BCUT2D eigenvalue weighted by Gasteiger charge is 2.38. The first-order valence-corrected chi connectivity index (χ1v) is 6.70. The van der Waals surface area contributed by atoms with Crippen LogP contribution in [-0.2, 0) is 9.59 Å². The fourth-order valence-corrected chi connectivity index (χ4v) is 2.30. The van der Waals surface area contributed by atoms with E-state index in [2.05, 4.69) is 10.6 Å². The van der Waals surface area contributed by atoms with E-state index in [0.717, 1.165) is 6.42 Å². The number of carbonyl (C=O) groups is 3. The Balaban J connectivity index is 2.79. The van der Waals surface area contributed by atoms with Gasteiger partial charge in [0.15, 0.2) is 0 Å². The highest BCUT2D eigenvalue weighted by atomic mass is 16.4. The number of urea groups is 1. The molecule has 0 bridgehead atoms. The van der Waals surface area contributed by atoms with E-state index in [1.54, 1.807) is 20.8 Å². The highest BCUT2D eigenvalue weighted by molar-refractivity contribution is 5.89. The van der Waals surface area contributed by atoms with E-state index in [0.29, 0.717) is 13.0 Å². The SMILES string of the molecule is CNC(=O)C1CCCN1C(=O)N[C@@H](C(=O)O)C(C)(C)C. The van der Waals surface area contributed by atoms with Crippen molar-refractivity contribution in [3.63, 3.8) is 0 Å². The second kappa shape index (κ2) is 6.11. The number of hydrogen-bond donors (Lipinski definition) is 3. The van der Waals surface area contributed by atoms with Crippen molar-refractivity contribution in [2.75, 3.05) is 13.6 Å². The first-order chi connectivity index (χ1) is 9.18. The van der Waals surface area contributed by atoms with Gasteiger partial charge in [0, 0.05) is 13.6 Å². The lowest BCUT2D eigenvalue weighted by molar-refractivity contribution is -0.142. The van der Waals surface area contributed by atoms with Gasteiger partial charge in [0.05, 0.1) is 0 Å². The molecule has 114 valence electrons. The van der Waals surface area contributed by atoms with E-state index in [1.807, 2.05) is 0 Å². The van der Waals surface area contributed by atoms with Gasteiger partial charge < -0.3 is 20.6 Å². The number of likely N-dealkylation sites (N-methyl/N-ethyl adjacent to an activating group) is 1. The zero-order chi connectivity index (χ0) is 15.5. The van der Waals surface area contributed by atoms with E-state index in [4.69, 9.17) is 0 Å². The van der Waals surface area contributed by atoms with Gasteiger partial charge in [-0.1, -0.05) is 20.8 Å². The minimum Gasteiger partial charge on any atom is -0.480 e. The summed E-state index contributed by atoms with van der Waals surface area (Å²) in [5.41, 5.74) is -0.607. The molecule has 0 aromatic heterocycles. The maximum atomic E-state index is 12.2. The zero-order valence-electron chi connectivity index (χ0n) is 12.4. The molecule has 7 heteroatoms. The number of nitrogens with one attached hydrogen (secondary N) is 2. The second-order valence-electron chi connectivity index (χ2n) is 6.05. The van der Waals surface area contributed by atoms with Gasteiger partial charge in [-0.15, -0.1) is 0 Å². The topological polar surface area (TPSA) is 98.7 Å². The van der Waals surface area contributed by atoms with Crippen molar-refractivity contribution < 1.29 is 19.5 Å². The summed E-state index contributed by atoms with van der Waals surface area (Å²) in [7, 11) is 1.52. The quantitative estimate of drug-likeness (QED) is 0.699. The smallest absolute Gasteiger partial charge is 0.326 e. The van der Waals surface area contributed by atoms with Crippen LogP contribution in [0.15, 0.2) is 0 Å². The van der Waals surface area contributed by atoms with Crippen LogP contribution in [0.4, 0.5) is 4.79 Å². The molecule has 7 nitrogen and oxygen atoms in total. The third-order valence-corrected chi connectivity index (χ3v) is 3.44. The fourth-order valence-electron chi connectivity index (χ4n) is 2.30. The molecule has 1 saturated heterocycles. The van der Waals surface area contributed by atoms with Gasteiger partial charge in [0.25, 0.3) is 0 Å². The molecule has 3 amide bonds. The highest BCUT2D eigenvalue weighted by Crippen LogP contribution is 2.22. The number of nitrogens with zero attached hydrogens (tertiary/aromatic N) is 1. The van der Waals surface area contributed by atoms with E-state index in [1.165, 1.54) is 11.9 Å². The van der Waals surface area contributed by atoms with Crippen LogP contribution in [0, 0.1) is 5.41 Å².